The van der Waals surface area contributed by atoms with Crippen molar-refractivity contribution in [3.05, 3.63) is 81.0 Å². The highest BCUT2D eigenvalue weighted by atomic mass is 16.5. The summed E-state index contributed by atoms with van der Waals surface area (Å²) in [5, 5.41) is 3.85. The fourth-order valence-corrected chi connectivity index (χ4v) is 3.69. The third kappa shape index (κ3) is 3.79. The number of carbonyl (C=O) groups is 1. The van der Waals surface area contributed by atoms with Gasteiger partial charge in [0.1, 0.15) is 16.9 Å². The number of carbonyl (C=O) groups excluding carboxylic acids is 1. The van der Waals surface area contributed by atoms with Crippen molar-refractivity contribution >= 4 is 33.5 Å². The quantitative estimate of drug-likeness (QED) is 0.478. The molecule has 0 unspecified atom stereocenters. The Hall–Kier alpha value is -3.60. The van der Waals surface area contributed by atoms with Crippen molar-refractivity contribution in [2.75, 3.05) is 11.9 Å². The second kappa shape index (κ2) is 7.67. The number of nitrogens with one attached hydrogen (secondary N) is 1. The van der Waals surface area contributed by atoms with E-state index in [9.17, 15) is 9.59 Å². The Morgan fingerprint density at radius 1 is 0.900 bits per heavy atom. The van der Waals surface area contributed by atoms with Gasteiger partial charge in [-0.25, -0.2) is 0 Å². The van der Waals surface area contributed by atoms with E-state index < -0.39 is 0 Å². The second-order valence-electron chi connectivity index (χ2n) is 7.71. The van der Waals surface area contributed by atoms with Crippen LogP contribution in [0.1, 0.15) is 22.3 Å². The van der Waals surface area contributed by atoms with Crippen LogP contribution in [0, 0.1) is 27.7 Å². The zero-order chi connectivity index (χ0) is 21.4. The predicted molar refractivity (Wildman–Crippen MR) is 120 cm³/mol. The zero-order valence-electron chi connectivity index (χ0n) is 17.5. The molecule has 0 aliphatic carbocycles. The fourth-order valence-electron chi connectivity index (χ4n) is 3.69. The van der Waals surface area contributed by atoms with E-state index in [0.717, 1.165) is 22.3 Å². The minimum Gasteiger partial charge on any atom is -0.483 e. The molecule has 0 radical (unpaired) electrons. The third-order valence-corrected chi connectivity index (χ3v) is 5.07. The van der Waals surface area contributed by atoms with Crippen molar-refractivity contribution in [1.82, 2.24) is 0 Å². The maximum atomic E-state index is 12.9. The number of fused-ring (bicyclic) bond motifs is 2. The first-order valence-corrected chi connectivity index (χ1v) is 9.79. The molecule has 0 bridgehead atoms. The lowest BCUT2D eigenvalue weighted by molar-refractivity contribution is -0.118. The van der Waals surface area contributed by atoms with Gasteiger partial charge in [-0.1, -0.05) is 23.8 Å². The van der Waals surface area contributed by atoms with Crippen LogP contribution in [0.3, 0.4) is 0 Å². The van der Waals surface area contributed by atoms with E-state index in [0.29, 0.717) is 33.4 Å². The highest BCUT2D eigenvalue weighted by Crippen LogP contribution is 2.25. The van der Waals surface area contributed by atoms with Gasteiger partial charge in [0.2, 0.25) is 5.43 Å². The summed E-state index contributed by atoms with van der Waals surface area (Å²) in [6, 6.07) is 14.7. The largest absolute Gasteiger partial charge is 0.483 e. The molecule has 4 aromatic rings. The van der Waals surface area contributed by atoms with Gasteiger partial charge in [0.15, 0.2) is 6.61 Å². The number of hydrogen-bond donors (Lipinski definition) is 1. The van der Waals surface area contributed by atoms with Crippen LogP contribution in [-0.4, -0.2) is 12.5 Å². The molecule has 152 valence electrons. The van der Waals surface area contributed by atoms with Crippen LogP contribution in [0.5, 0.6) is 5.75 Å². The number of rotatable bonds is 4. The van der Waals surface area contributed by atoms with Gasteiger partial charge in [-0.15, -0.1) is 0 Å². The van der Waals surface area contributed by atoms with E-state index in [1.165, 1.54) is 0 Å². The maximum Gasteiger partial charge on any atom is 0.262 e. The Morgan fingerprint density at radius 3 is 2.43 bits per heavy atom. The Morgan fingerprint density at radius 2 is 1.67 bits per heavy atom. The van der Waals surface area contributed by atoms with Gasteiger partial charge in [-0.05, 0) is 68.7 Å². The van der Waals surface area contributed by atoms with Crippen LogP contribution in [0.15, 0.2) is 57.7 Å². The first kappa shape index (κ1) is 19.7. The van der Waals surface area contributed by atoms with Gasteiger partial charge < -0.3 is 14.5 Å². The molecule has 0 aliphatic heterocycles. The molecule has 0 atom stereocenters. The average molecular weight is 401 g/mol. The van der Waals surface area contributed by atoms with Crippen molar-refractivity contribution < 1.29 is 13.9 Å². The molecular formula is C25H23NO4. The molecule has 3 aromatic carbocycles. The van der Waals surface area contributed by atoms with Crippen LogP contribution in [0.2, 0.25) is 0 Å². The van der Waals surface area contributed by atoms with Gasteiger partial charge in [-0.2, -0.15) is 0 Å². The number of anilines is 1. The van der Waals surface area contributed by atoms with Gasteiger partial charge >= 0.3 is 0 Å². The van der Waals surface area contributed by atoms with Crippen LogP contribution >= 0.6 is 0 Å². The highest BCUT2D eigenvalue weighted by molar-refractivity contribution is 5.96. The highest BCUT2D eigenvalue weighted by Gasteiger charge is 2.12. The van der Waals surface area contributed by atoms with Gasteiger partial charge in [0, 0.05) is 11.8 Å². The molecule has 0 saturated heterocycles. The van der Waals surface area contributed by atoms with Gasteiger partial charge in [0.05, 0.1) is 10.8 Å². The summed E-state index contributed by atoms with van der Waals surface area (Å²) in [7, 11) is 0. The van der Waals surface area contributed by atoms with Crippen LogP contribution < -0.4 is 15.5 Å². The van der Waals surface area contributed by atoms with E-state index in [-0.39, 0.29) is 17.9 Å². The van der Waals surface area contributed by atoms with E-state index in [2.05, 4.69) is 5.32 Å². The minimum atomic E-state index is -0.288. The first-order valence-electron chi connectivity index (χ1n) is 9.79. The first-order chi connectivity index (χ1) is 14.3. The van der Waals surface area contributed by atoms with E-state index in [1.54, 1.807) is 18.2 Å². The normalized spacial score (nSPS) is 11.1. The molecular weight excluding hydrogens is 378 g/mol. The Kier molecular flexibility index (Phi) is 5.04. The lowest BCUT2D eigenvalue weighted by Crippen LogP contribution is -2.20. The summed E-state index contributed by atoms with van der Waals surface area (Å²) in [4.78, 5) is 25.2. The molecule has 5 nitrogen and oxygen atoms in total. The molecule has 0 aliphatic rings. The van der Waals surface area contributed by atoms with Crippen LogP contribution in [0.25, 0.3) is 21.9 Å². The number of ether oxygens (including phenoxy) is 1. The number of hydrogen-bond acceptors (Lipinski definition) is 4. The standard InChI is InChI=1S/C25H23NO4/c1-14-5-8-21(16(3)9-14)29-13-23(27)26-18-6-7-19-22(12-18)30-25-17(4)10-15(2)11-20(25)24(19)28/h5-12H,13H2,1-4H3,(H,26,27). The number of benzene rings is 3. The smallest absolute Gasteiger partial charge is 0.262 e. The van der Waals surface area contributed by atoms with Crippen molar-refractivity contribution in [2.45, 2.75) is 27.7 Å². The third-order valence-electron chi connectivity index (χ3n) is 5.07. The van der Waals surface area contributed by atoms with Crippen LogP contribution in [-0.2, 0) is 4.79 Å². The molecule has 5 heteroatoms. The molecule has 1 N–H and O–H groups in total. The lowest BCUT2D eigenvalue weighted by Gasteiger charge is -2.11. The van der Waals surface area contributed by atoms with Crippen molar-refractivity contribution in [3.8, 4) is 5.75 Å². The van der Waals surface area contributed by atoms with E-state index in [4.69, 9.17) is 9.15 Å². The topological polar surface area (TPSA) is 68.5 Å². The van der Waals surface area contributed by atoms with Gasteiger partial charge in [-0.3, -0.25) is 9.59 Å². The molecule has 1 aromatic heterocycles. The van der Waals surface area contributed by atoms with Crippen molar-refractivity contribution in [2.24, 2.45) is 0 Å². The van der Waals surface area contributed by atoms with Crippen LogP contribution in [0.4, 0.5) is 5.69 Å². The summed E-state index contributed by atoms with van der Waals surface area (Å²) in [5.74, 6) is 0.391. The van der Waals surface area contributed by atoms with E-state index in [1.807, 2.05) is 58.0 Å². The average Bonchev–Trinajstić information content (AvgIpc) is 2.68. The number of amides is 1. The Bertz CT molecular complexity index is 1350. The second-order valence-corrected chi connectivity index (χ2v) is 7.71. The SMILES string of the molecule is Cc1ccc(OCC(=O)Nc2ccc3c(=O)c4cc(C)cc(C)c4oc3c2)c(C)c1. The van der Waals surface area contributed by atoms with E-state index >= 15 is 0 Å². The summed E-state index contributed by atoms with van der Waals surface area (Å²) in [6.45, 7) is 7.71. The summed E-state index contributed by atoms with van der Waals surface area (Å²) in [5.41, 5.74) is 5.51. The molecule has 1 heterocycles. The van der Waals surface area contributed by atoms with Gasteiger partial charge in [0.25, 0.3) is 5.91 Å². The predicted octanol–water partition coefficient (Wildman–Crippen LogP) is 5.20. The summed E-state index contributed by atoms with van der Waals surface area (Å²) in [6.07, 6.45) is 0. The molecule has 30 heavy (non-hydrogen) atoms. The zero-order valence-corrected chi connectivity index (χ0v) is 17.5. The Labute approximate surface area is 174 Å². The van der Waals surface area contributed by atoms with Crippen molar-refractivity contribution in [1.29, 1.82) is 0 Å². The minimum absolute atomic E-state index is 0.0749. The molecule has 1 amide bonds. The van der Waals surface area contributed by atoms with Crippen molar-refractivity contribution in [3.63, 3.8) is 0 Å². The Balaban J connectivity index is 1.58. The molecule has 0 fully saturated rings. The maximum absolute atomic E-state index is 12.9. The monoisotopic (exact) mass is 401 g/mol. The molecule has 0 saturated carbocycles. The molecule has 4 rings (SSSR count). The summed E-state index contributed by atoms with van der Waals surface area (Å²) >= 11 is 0. The fraction of sp³-hybridized carbons (Fsp3) is 0.200. The summed E-state index contributed by atoms with van der Waals surface area (Å²) < 4.78 is 11.6. The number of aryl methyl sites for hydroxylation is 4. The molecule has 0 spiro atoms. The lowest BCUT2D eigenvalue weighted by atomic mass is 10.1.